The van der Waals surface area contributed by atoms with Crippen LogP contribution in [0, 0.1) is 5.41 Å². The molecule has 0 fully saturated rings. The van der Waals surface area contributed by atoms with Crippen molar-refractivity contribution in [2.24, 2.45) is 5.41 Å². The highest BCUT2D eigenvalue weighted by Gasteiger charge is 2.82. The molecule has 0 radical (unpaired) electrons. The third-order valence-electron chi connectivity index (χ3n) is 1.65. The summed E-state index contributed by atoms with van der Waals surface area (Å²) in [5, 5.41) is 0. The van der Waals surface area contributed by atoms with Crippen LogP contribution in [0.5, 0.6) is 0 Å². The maximum Gasteiger partial charge on any atom is 0.415 e. The molecular formula is C6H2F9I. The maximum atomic E-state index is 12.1. The highest BCUT2D eigenvalue weighted by atomic mass is 127. The maximum absolute atomic E-state index is 12.1. The topological polar surface area (TPSA) is 0 Å². The third kappa shape index (κ3) is 2.40. The molecule has 0 saturated carbocycles. The van der Waals surface area contributed by atoms with E-state index in [2.05, 4.69) is 0 Å². The van der Waals surface area contributed by atoms with Crippen LogP contribution in [0.4, 0.5) is 39.5 Å². The van der Waals surface area contributed by atoms with Gasteiger partial charge in [-0.15, -0.1) is 0 Å². The van der Waals surface area contributed by atoms with Gasteiger partial charge in [0.2, 0.25) is 0 Å². The fraction of sp³-hybridized carbons (Fsp3) is 0.667. The minimum atomic E-state index is -6.51. The summed E-state index contributed by atoms with van der Waals surface area (Å²) in [6.07, 6.45) is -20.5. The summed E-state index contributed by atoms with van der Waals surface area (Å²) >= 11 is 0.852. The number of hydrogen-bond acceptors (Lipinski definition) is 0. The van der Waals surface area contributed by atoms with Crippen LogP contribution in [0.25, 0.3) is 0 Å². The van der Waals surface area contributed by atoms with Gasteiger partial charge >= 0.3 is 18.5 Å². The molecule has 96 valence electrons. The van der Waals surface area contributed by atoms with Crippen LogP contribution < -0.4 is 0 Å². The van der Waals surface area contributed by atoms with E-state index in [4.69, 9.17) is 0 Å². The molecule has 0 unspecified atom stereocenters. The summed E-state index contributed by atoms with van der Waals surface area (Å²) < 4.78 is 109. The molecule has 0 N–H and O–H groups in total. The van der Waals surface area contributed by atoms with Gasteiger partial charge in [0.1, 0.15) is 0 Å². The Morgan fingerprint density at radius 2 is 0.875 bits per heavy atom. The quantitative estimate of drug-likeness (QED) is 0.466. The minimum absolute atomic E-state index is 0.0340. The van der Waals surface area contributed by atoms with E-state index in [0.717, 1.165) is 22.6 Å². The first-order valence-corrected chi connectivity index (χ1v) is 4.54. The number of hydrogen-bond donors (Lipinski definition) is 0. The molecule has 0 nitrogen and oxygen atoms in total. The van der Waals surface area contributed by atoms with Gasteiger partial charge in [0.25, 0.3) is 5.41 Å². The SMILES string of the molecule is FC(F)(F)C(C=CI)(C(F)(F)F)C(F)(F)F. The average molecular weight is 372 g/mol. The number of allylic oxidation sites excluding steroid dienone is 1. The van der Waals surface area contributed by atoms with Crippen LogP contribution in [-0.2, 0) is 0 Å². The van der Waals surface area contributed by atoms with Crippen molar-refractivity contribution in [3.05, 3.63) is 10.2 Å². The Morgan fingerprint density at radius 3 is 0.938 bits per heavy atom. The molecule has 0 atom stereocenters. The molecular weight excluding hydrogens is 370 g/mol. The van der Waals surface area contributed by atoms with Crippen molar-refractivity contribution in [3.8, 4) is 0 Å². The lowest BCUT2D eigenvalue weighted by Gasteiger charge is -2.35. The zero-order valence-corrected chi connectivity index (χ0v) is 9.09. The second-order valence-corrected chi connectivity index (χ2v) is 3.31. The Balaban J connectivity index is 6.04. The van der Waals surface area contributed by atoms with E-state index in [1.165, 1.54) is 0 Å². The van der Waals surface area contributed by atoms with Crippen molar-refractivity contribution < 1.29 is 39.5 Å². The first-order valence-electron chi connectivity index (χ1n) is 3.29. The van der Waals surface area contributed by atoms with Crippen molar-refractivity contribution in [1.82, 2.24) is 0 Å². The molecule has 0 bridgehead atoms. The second-order valence-electron chi connectivity index (χ2n) is 2.59. The standard InChI is InChI=1S/C6H2F9I/c7-4(8,9)3(1-2-16,5(10,11)12)6(13,14)15/h1-2H. The highest BCUT2D eigenvalue weighted by Crippen LogP contribution is 2.60. The predicted octanol–water partition coefficient (Wildman–Crippen LogP) is 4.61. The number of rotatable bonds is 1. The van der Waals surface area contributed by atoms with Gasteiger partial charge in [-0.3, -0.25) is 0 Å². The molecule has 0 amide bonds. The predicted molar refractivity (Wildman–Crippen MR) is 43.8 cm³/mol. The molecule has 10 heteroatoms. The van der Waals surface area contributed by atoms with Crippen molar-refractivity contribution >= 4 is 22.6 Å². The van der Waals surface area contributed by atoms with E-state index < -0.39 is 30.0 Å². The summed E-state index contributed by atoms with van der Waals surface area (Å²) in [4.78, 5) is 0. The van der Waals surface area contributed by atoms with Gasteiger partial charge in [0, 0.05) is 0 Å². The Morgan fingerprint density at radius 1 is 0.625 bits per heavy atom. The Kier molecular flexibility index (Phi) is 4.21. The third-order valence-corrected chi connectivity index (χ3v) is 2.01. The molecule has 0 aromatic heterocycles. The molecule has 0 aliphatic heterocycles. The fourth-order valence-corrected chi connectivity index (χ4v) is 1.40. The van der Waals surface area contributed by atoms with Gasteiger partial charge in [-0.2, -0.15) is 39.5 Å². The Bertz CT molecular complexity index is 231. The fourth-order valence-electron chi connectivity index (χ4n) is 0.860. The van der Waals surface area contributed by atoms with Crippen LogP contribution in [0.3, 0.4) is 0 Å². The number of halogens is 10. The van der Waals surface area contributed by atoms with Crippen LogP contribution >= 0.6 is 22.6 Å². The summed E-state index contributed by atoms with van der Waals surface area (Å²) in [7, 11) is 0. The van der Waals surface area contributed by atoms with Crippen molar-refractivity contribution in [2.75, 3.05) is 0 Å². The van der Waals surface area contributed by atoms with E-state index in [9.17, 15) is 39.5 Å². The minimum Gasteiger partial charge on any atom is -0.169 e. The second kappa shape index (κ2) is 4.26. The van der Waals surface area contributed by atoms with Crippen molar-refractivity contribution in [2.45, 2.75) is 18.5 Å². The molecule has 0 heterocycles. The Labute approximate surface area is 96.6 Å². The van der Waals surface area contributed by atoms with E-state index in [0.29, 0.717) is 0 Å². The summed E-state index contributed by atoms with van der Waals surface area (Å²) in [6, 6.07) is 0. The zero-order valence-electron chi connectivity index (χ0n) is 6.93. The van der Waals surface area contributed by atoms with E-state index in [1.807, 2.05) is 0 Å². The van der Waals surface area contributed by atoms with Gasteiger partial charge in [0.15, 0.2) is 0 Å². The molecule has 0 rings (SSSR count). The molecule has 0 aromatic carbocycles. The van der Waals surface area contributed by atoms with Gasteiger partial charge in [-0.25, -0.2) is 0 Å². The molecule has 16 heavy (non-hydrogen) atoms. The monoisotopic (exact) mass is 372 g/mol. The molecule has 0 spiro atoms. The van der Waals surface area contributed by atoms with Gasteiger partial charge in [0.05, 0.1) is 0 Å². The van der Waals surface area contributed by atoms with Crippen molar-refractivity contribution in [1.29, 1.82) is 0 Å². The van der Waals surface area contributed by atoms with Gasteiger partial charge in [-0.1, -0.05) is 22.6 Å². The van der Waals surface area contributed by atoms with E-state index in [1.54, 1.807) is 0 Å². The zero-order chi connectivity index (χ0) is 13.4. The van der Waals surface area contributed by atoms with Crippen LogP contribution in [-0.4, -0.2) is 18.5 Å². The lowest BCUT2D eigenvalue weighted by molar-refractivity contribution is -0.406. The largest absolute Gasteiger partial charge is 0.415 e. The van der Waals surface area contributed by atoms with Crippen LogP contribution in [0.15, 0.2) is 10.2 Å². The van der Waals surface area contributed by atoms with E-state index in [-0.39, 0.29) is 4.08 Å². The van der Waals surface area contributed by atoms with Crippen molar-refractivity contribution in [3.63, 3.8) is 0 Å². The lowest BCUT2D eigenvalue weighted by Crippen LogP contribution is -2.58. The van der Waals surface area contributed by atoms with Crippen LogP contribution in [0.1, 0.15) is 0 Å². The van der Waals surface area contributed by atoms with Crippen LogP contribution in [0.2, 0.25) is 0 Å². The number of alkyl halides is 9. The molecule has 0 aliphatic carbocycles. The molecule has 0 aliphatic rings. The van der Waals surface area contributed by atoms with Gasteiger partial charge in [-0.05, 0) is 10.2 Å². The Hall–Kier alpha value is -0.160. The summed E-state index contributed by atoms with van der Waals surface area (Å²) in [5.74, 6) is 0. The highest BCUT2D eigenvalue weighted by molar-refractivity contribution is 14.1. The summed E-state index contributed by atoms with van der Waals surface area (Å²) in [5.41, 5.74) is -5.83. The smallest absolute Gasteiger partial charge is 0.169 e. The first kappa shape index (κ1) is 15.8. The molecule has 0 saturated heterocycles. The van der Waals surface area contributed by atoms with E-state index >= 15 is 0 Å². The van der Waals surface area contributed by atoms with Gasteiger partial charge < -0.3 is 0 Å². The summed E-state index contributed by atoms with van der Waals surface area (Å²) in [6.45, 7) is 0. The molecule has 0 aromatic rings. The lowest BCUT2D eigenvalue weighted by atomic mass is 9.85. The average Bonchev–Trinajstić information content (AvgIpc) is 1.91. The first-order chi connectivity index (χ1) is 6.81. The normalized spacial score (nSPS) is 15.9.